The van der Waals surface area contributed by atoms with Crippen LogP contribution in [0, 0.1) is 10.8 Å². The van der Waals surface area contributed by atoms with Crippen LogP contribution in [0.4, 0.5) is 0 Å². The third kappa shape index (κ3) is 7.68. The Bertz CT molecular complexity index is 1170. The van der Waals surface area contributed by atoms with Crippen LogP contribution < -0.4 is 14.2 Å². The zero-order valence-electron chi connectivity index (χ0n) is 23.5. The van der Waals surface area contributed by atoms with Crippen molar-refractivity contribution >= 4 is 23.8 Å². The molecular formula is C30H38O7. The smallest absolute Gasteiger partial charge is 0.316 e. The molecule has 7 nitrogen and oxygen atoms in total. The lowest BCUT2D eigenvalue weighted by molar-refractivity contribution is -0.143. The predicted octanol–water partition coefficient (Wildman–Crippen LogP) is 6.59. The molecule has 0 spiro atoms. The lowest BCUT2D eigenvalue weighted by Gasteiger charge is -2.21. The molecule has 7 heteroatoms. The van der Waals surface area contributed by atoms with Gasteiger partial charge in [-0.3, -0.25) is 14.4 Å². The Labute approximate surface area is 219 Å². The monoisotopic (exact) mass is 510 g/mol. The topological polar surface area (TPSA) is 88.1 Å². The summed E-state index contributed by atoms with van der Waals surface area (Å²) >= 11 is 0. The zero-order chi connectivity index (χ0) is 28.1. The molecule has 2 rings (SSSR count). The van der Waals surface area contributed by atoms with Gasteiger partial charge in [-0.15, -0.1) is 0 Å². The summed E-state index contributed by atoms with van der Waals surface area (Å²) in [5, 5.41) is 0. The number of esters is 2. The molecule has 0 amide bonds. The largest absolute Gasteiger partial charge is 0.496 e. The van der Waals surface area contributed by atoms with Gasteiger partial charge in [-0.2, -0.15) is 0 Å². The second-order valence-corrected chi connectivity index (χ2v) is 11.1. The highest BCUT2D eigenvalue weighted by Crippen LogP contribution is 2.36. The lowest BCUT2D eigenvalue weighted by atomic mass is 9.96. The maximum absolute atomic E-state index is 13.2. The van der Waals surface area contributed by atoms with E-state index in [4.69, 9.17) is 18.9 Å². The summed E-state index contributed by atoms with van der Waals surface area (Å²) in [6.07, 6.45) is 1.59. The Hall–Kier alpha value is -3.61. The highest BCUT2D eigenvalue weighted by atomic mass is 16.5. The molecule has 2 aromatic carbocycles. The summed E-state index contributed by atoms with van der Waals surface area (Å²) in [6.45, 7) is 14.6. The van der Waals surface area contributed by atoms with Crippen LogP contribution in [0.5, 0.6) is 17.2 Å². The second-order valence-electron chi connectivity index (χ2n) is 11.1. The molecule has 0 bridgehead atoms. The fourth-order valence-electron chi connectivity index (χ4n) is 3.11. The molecule has 2 aromatic rings. The van der Waals surface area contributed by atoms with Gasteiger partial charge in [0.2, 0.25) is 5.78 Å². The molecule has 0 heterocycles. The van der Waals surface area contributed by atoms with Gasteiger partial charge in [0.05, 0.1) is 25.0 Å². The minimum absolute atomic E-state index is 0.0332. The molecule has 0 saturated carbocycles. The van der Waals surface area contributed by atoms with E-state index >= 15 is 0 Å². The molecule has 0 N–H and O–H groups in total. The van der Waals surface area contributed by atoms with Crippen LogP contribution in [-0.4, -0.2) is 31.9 Å². The first-order valence-corrected chi connectivity index (χ1v) is 12.2. The van der Waals surface area contributed by atoms with Gasteiger partial charge in [0.25, 0.3) is 0 Å². The van der Waals surface area contributed by atoms with E-state index < -0.39 is 10.8 Å². The van der Waals surface area contributed by atoms with Crippen LogP contribution in [0.15, 0.2) is 42.2 Å². The second kappa shape index (κ2) is 11.6. The van der Waals surface area contributed by atoms with Crippen molar-refractivity contribution in [2.75, 3.05) is 14.2 Å². The van der Waals surface area contributed by atoms with Crippen LogP contribution in [0.2, 0.25) is 0 Å². The predicted molar refractivity (Wildman–Crippen MR) is 143 cm³/mol. The summed E-state index contributed by atoms with van der Waals surface area (Å²) in [4.78, 5) is 37.9. The van der Waals surface area contributed by atoms with Crippen LogP contribution in [0.25, 0.3) is 6.08 Å². The molecule has 0 aliphatic heterocycles. The van der Waals surface area contributed by atoms with Gasteiger partial charge in [-0.1, -0.05) is 13.8 Å². The molecule has 0 aromatic heterocycles. The summed E-state index contributed by atoms with van der Waals surface area (Å²) in [5.74, 6) is 0.230. The van der Waals surface area contributed by atoms with Crippen LogP contribution in [-0.2, 0) is 14.3 Å². The quantitative estimate of drug-likeness (QED) is 0.130. The molecule has 0 aliphatic rings. The third-order valence-electron chi connectivity index (χ3n) is 5.47. The van der Waals surface area contributed by atoms with Gasteiger partial charge in [0, 0.05) is 17.2 Å². The SMILES string of the molecule is COC(=Cc1cc(C(C)C)c(OC(=O)C(C)(C)C)cc1OC)C(=O)c1ccc(OC(=O)C(C)(C)C)cc1. The summed E-state index contributed by atoms with van der Waals surface area (Å²) < 4.78 is 22.1. The van der Waals surface area contributed by atoms with Crippen LogP contribution in [0.3, 0.4) is 0 Å². The molecule has 200 valence electrons. The van der Waals surface area contributed by atoms with Crippen molar-refractivity contribution in [3.8, 4) is 17.2 Å². The van der Waals surface area contributed by atoms with Gasteiger partial charge in [0.1, 0.15) is 17.2 Å². The van der Waals surface area contributed by atoms with E-state index in [1.807, 2.05) is 19.9 Å². The fourth-order valence-corrected chi connectivity index (χ4v) is 3.11. The maximum atomic E-state index is 13.2. The van der Waals surface area contributed by atoms with E-state index in [1.165, 1.54) is 14.2 Å². The van der Waals surface area contributed by atoms with E-state index in [0.29, 0.717) is 28.4 Å². The number of Topliss-reactive ketones (excluding diaryl/α,β-unsaturated/α-hetero) is 1. The summed E-state index contributed by atoms with van der Waals surface area (Å²) in [7, 11) is 2.92. The van der Waals surface area contributed by atoms with Crippen molar-refractivity contribution in [3.63, 3.8) is 0 Å². The average molecular weight is 511 g/mol. The number of ketones is 1. The first kappa shape index (κ1) is 29.6. The summed E-state index contributed by atoms with van der Waals surface area (Å²) in [6, 6.07) is 9.77. The van der Waals surface area contributed by atoms with E-state index in [0.717, 1.165) is 5.56 Å². The van der Waals surface area contributed by atoms with Crippen molar-refractivity contribution < 1.29 is 33.3 Å². The van der Waals surface area contributed by atoms with E-state index in [1.54, 1.807) is 78.0 Å². The molecular weight excluding hydrogens is 472 g/mol. The number of carbonyl (C=O) groups excluding carboxylic acids is 3. The number of benzene rings is 2. The van der Waals surface area contributed by atoms with Gasteiger partial charge in [-0.25, -0.2) is 0 Å². The molecule has 0 radical (unpaired) electrons. The molecule has 0 aliphatic carbocycles. The zero-order valence-corrected chi connectivity index (χ0v) is 23.5. The number of methoxy groups -OCH3 is 2. The minimum atomic E-state index is -0.670. The van der Waals surface area contributed by atoms with Crippen molar-refractivity contribution in [2.45, 2.75) is 61.3 Å². The molecule has 0 fully saturated rings. The standard InChI is InChI=1S/C30H38O7/c1-18(2)22-15-20(23(34-9)17-24(22)37-28(33)30(6,7)8)16-25(35-10)26(31)19-11-13-21(14-12-19)36-27(32)29(3,4)5/h11-18H,1-10H3. The lowest BCUT2D eigenvalue weighted by Crippen LogP contribution is -2.26. The van der Waals surface area contributed by atoms with Crippen molar-refractivity contribution in [3.05, 3.63) is 58.8 Å². The highest BCUT2D eigenvalue weighted by Gasteiger charge is 2.26. The summed E-state index contributed by atoms with van der Waals surface area (Å²) in [5.41, 5.74) is 0.438. The van der Waals surface area contributed by atoms with Crippen molar-refractivity contribution in [1.29, 1.82) is 0 Å². The number of rotatable bonds is 8. The Morgan fingerprint density at radius 3 is 1.78 bits per heavy atom. The first-order chi connectivity index (χ1) is 17.1. The molecule has 0 unspecified atom stereocenters. The fraction of sp³-hybridized carbons (Fsp3) is 0.433. The normalized spacial score (nSPS) is 12.2. The van der Waals surface area contributed by atoms with Crippen LogP contribution >= 0.6 is 0 Å². The Morgan fingerprint density at radius 1 is 0.784 bits per heavy atom. The highest BCUT2D eigenvalue weighted by molar-refractivity contribution is 6.10. The number of ether oxygens (including phenoxy) is 4. The molecule has 0 saturated heterocycles. The molecule has 0 atom stereocenters. The number of allylic oxidation sites excluding steroid dienone is 1. The van der Waals surface area contributed by atoms with Crippen molar-refractivity contribution in [2.24, 2.45) is 10.8 Å². The van der Waals surface area contributed by atoms with Gasteiger partial charge in [-0.05, 0) is 89.4 Å². The van der Waals surface area contributed by atoms with Crippen molar-refractivity contribution in [1.82, 2.24) is 0 Å². The molecule has 37 heavy (non-hydrogen) atoms. The number of hydrogen-bond acceptors (Lipinski definition) is 7. The van der Waals surface area contributed by atoms with E-state index in [-0.39, 0.29) is 29.4 Å². The van der Waals surface area contributed by atoms with Gasteiger partial charge < -0.3 is 18.9 Å². The number of hydrogen-bond donors (Lipinski definition) is 0. The minimum Gasteiger partial charge on any atom is -0.496 e. The van der Waals surface area contributed by atoms with E-state index in [9.17, 15) is 14.4 Å². The maximum Gasteiger partial charge on any atom is 0.316 e. The van der Waals surface area contributed by atoms with Gasteiger partial charge in [0.15, 0.2) is 5.76 Å². The van der Waals surface area contributed by atoms with Crippen LogP contribution in [0.1, 0.15) is 82.8 Å². The number of carbonyl (C=O) groups is 3. The van der Waals surface area contributed by atoms with E-state index in [2.05, 4.69) is 0 Å². The Kier molecular flexibility index (Phi) is 9.31. The first-order valence-electron chi connectivity index (χ1n) is 12.2. The third-order valence-corrected chi connectivity index (χ3v) is 5.47. The Balaban J connectivity index is 2.42. The average Bonchev–Trinajstić information content (AvgIpc) is 2.81. The Morgan fingerprint density at radius 2 is 1.32 bits per heavy atom. The van der Waals surface area contributed by atoms with Gasteiger partial charge >= 0.3 is 11.9 Å².